The normalized spacial score (nSPS) is 11.0. The first-order valence-corrected chi connectivity index (χ1v) is 5.70. The summed E-state index contributed by atoms with van der Waals surface area (Å²) < 4.78 is 6.35. The van der Waals surface area contributed by atoms with Crippen molar-refractivity contribution in [3.8, 4) is 11.5 Å². The fourth-order valence-corrected chi connectivity index (χ4v) is 1.99. The van der Waals surface area contributed by atoms with Crippen LogP contribution in [0.2, 0.25) is 0 Å². The molecule has 0 saturated heterocycles. The smallest absolute Gasteiger partial charge is 0.199 e. The van der Waals surface area contributed by atoms with Crippen LogP contribution in [0.15, 0.2) is 28.9 Å². The summed E-state index contributed by atoms with van der Waals surface area (Å²) in [7, 11) is 0. The van der Waals surface area contributed by atoms with Crippen LogP contribution in [-0.2, 0) is 11.3 Å². The van der Waals surface area contributed by atoms with Crippen LogP contribution < -0.4 is 5.73 Å². The Kier molecular flexibility index (Phi) is 2.52. The minimum atomic E-state index is 0.0134. The van der Waals surface area contributed by atoms with Gasteiger partial charge in [0, 0.05) is 0 Å². The van der Waals surface area contributed by atoms with Crippen LogP contribution in [0.5, 0.6) is 0 Å². The second-order valence-electron chi connectivity index (χ2n) is 4.21. The summed E-state index contributed by atoms with van der Waals surface area (Å²) in [6.07, 6.45) is 0. The van der Waals surface area contributed by atoms with Gasteiger partial charge in [0.05, 0.1) is 17.6 Å². The van der Waals surface area contributed by atoms with Gasteiger partial charge in [-0.3, -0.25) is 4.79 Å². The number of para-hydroxylation sites is 2. The van der Waals surface area contributed by atoms with E-state index in [0.717, 1.165) is 11.0 Å². The number of Topliss-reactive ketones (excluding diaryl/α,β-unsaturated/α-hetero) is 1. The number of carbonyl (C=O) groups is 1. The molecular formula is C12H11N5O2. The van der Waals surface area contributed by atoms with Gasteiger partial charge in [-0.2, -0.15) is 0 Å². The Hall–Kier alpha value is -2.70. The number of nitrogens with two attached hydrogens (primary N) is 1. The Morgan fingerprint density at radius 1 is 1.37 bits per heavy atom. The molecule has 0 saturated carbocycles. The van der Waals surface area contributed by atoms with Gasteiger partial charge in [-0.1, -0.05) is 12.1 Å². The standard InChI is InChI=1S/C12H11N5O2/c1-7(18)6-17-9-5-3-2-4-8(9)14-12(17)10-11(13)16-19-15-10/h2-5H,6H2,1H3,(H2,13,16). The van der Waals surface area contributed by atoms with E-state index in [4.69, 9.17) is 5.73 Å². The lowest BCUT2D eigenvalue weighted by atomic mass is 10.3. The highest BCUT2D eigenvalue weighted by atomic mass is 16.6. The lowest BCUT2D eigenvalue weighted by Crippen LogP contribution is -2.08. The topological polar surface area (TPSA) is 99.8 Å². The summed E-state index contributed by atoms with van der Waals surface area (Å²) in [5.41, 5.74) is 7.64. The predicted molar refractivity (Wildman–Crippen MR) is 68.1 cm³/mol. The zero-order chi connectivity index (χ0) is 13.4. The molecule has 0 bridgehead atoms. The maximum atomic E-state index is 11.4. The van der Waals surface area contributed by atoms with Crippen LogP contribution in [0.3, 0.4) is 0 Å². The molecule has 0 radical (unpaired) electrons. The second kappa shape index (κ2) is 4.20. The van der Waals surface area contributed by atoms with Crippen molar-refractivity contribution < 1.29 is 9.42 Å². The number of nitrogen functional groups attached to an aromatic ring is 1. The first-order chi connectivity index (χ1) is 9.16. The van der Waals surface area contributed by atoms with E-state index in [1.54, 1.807) is 4.57 Å². The SMILES string of the molecule is CC(=O)Cn1c(-c2nonc2N)nc2ccccc21. The molecule has 96 valence electrons. The monoisotopic (exact) mass is 257 g/mol. The van der Waals surface area contributed by atoms with Gasteiger partial charge in [0.1, 0.15) is 5.78 Å². The van der Waals surface area contributed by atoms with Crippen molar-refractivity contribution in [3.63, 3.8) is 0 Å². The Bertz CT molecular complexity index is 758. The van der Waals surface area contributed by atoms with E-state index in [2.05, 4.69) is 19.9 Å². The zero-order valence-corrected chi connectivity index (χ0v) is 10.2. The molecule has 0 aliphatic heterocycles. The van der Waals surface area contributed by atoms with Crippen molar-refractivity contribution in [1.82, 2.24) is 19.9 Å². The molecule has 3 aromatic rings. The predicted octanol–water partition coefficient (Wildman–Crippen LogP) is 1.26. The Morgan fingerprint density at radius 2 is 2.16 bits per heavy atom. The van der Waals surface area contributed by atoms with Gasteiger partial charge < -0.3 is 10.3 Å². The van der Waals surface area contributed by atoms with E-state index in [-0.39, 0.29) is 18.1 Å². The summed E-state index contributed by atoms with van der Waals surface area (Å²) in [5.74, 6) is 0.648. The van der Waals surface area contributed by atoms with Crippen molar-refractivity contribution in [3.05, 3.63) is 24.3 Å². The van der Waals surface area contributed by atoms with Crippen LogP contribution in [0, 0.1) is 0 Å². The molecule has 2 aromatic heterocycles. The quantitative estimate of drug-likeness (QED) is 0.758. The number of rotatable bonds is 3. The van der Waals surface area contributed by atoms with E-state index in [0.29, 0.717) is 11.5 Å². The number of anilines is 1. The molecule has 7 heteroatoms. The number of imidazole rings is 1. The second-order valence-corrected chi connectivity index (χ2v) is 4.21. The van der Waals surface area contributed by atoms with Crippen LogP contribution >= 0.6 is 0 Å². The highest BCUT2D eigenvalue weighted by Gasteiger charge is 2.19. The molecule has 0 atom stereocenters. The third kappa shape index (κ3) is 1.85. The Morgan fingerprint density at radius 3 is 2.84 bits per heavy atom. The first kappa shape index (κ1) is 11.4. The number of nitrogens with zero attached hydrogens (tertiary/aromatic N) is 4. The molecule has 0 spiro atoms. The third-order valence-corrected chi connectivity index (χ3v) is 2.76. The minimum Gasteiger partial charge on any atom is -0.379 e. The number of benzene rings is 1. The molecular weight excluding hydrogens is 246 g/mol. The summed E-state index contributed by atoms with van der Waals surface area (Å²) >= 11 is 0. The van der Waals surface area contributed by atoms with Crippen LogP contribution in [0.25, 0.3) is 22.6 Å². The molecule has 2 N–H and O–H groups in total. The fourth-order valence-electron chi connectivity index (χ4n) is 1.99. The average Bonchev–Trinajstić information content (AvgIpc) is 2.93. The highest BCUT2D eigenvalue weighted by molar-refractivity contribution is 5.85. The Balaban J connectivity index is 2.28. The van der Waals surface area contributed by atoms with Crippen LogP contribution in [0.4, 0.5) is 5.82 Å². The molecule has 0 fully saturated rings. The van der Waals surface area contributed by atoms with E-state index < -0.39 is 0 Å². The van der Waals surface area contributed by atoms with Crippen LogP contribution in [0.1, 0.15) is 6.92 Å². The fraction of sp³-hybridized carbons (Fsp3) is 0.167. The van der Waals surface area contributed by atoms with Crippen molar-refractivity contribution in [2.24, 2.45) is 0 Å². The van der Waals surface area contributed by atoms with Gasteiger partial charge in [-0.15, -0.1) is 0 Å². The first-order valence-electron chi connectivity index (χ1n) is 5.70. The number of hydrogen-bond acceptors (Lipinski definition) is 6. The van der Waals surface area contributed by atoms with Crippen molar-refractivity contribution in [2.45, 2.75) is 13.5 Å². The van der Waals surface area contributed by atoms with Gasteiger partial charge in [-0.25, -0.2) is 9.61 Å². The van der Waals surface area contributed by atoms with Gasteiger partial charge in [0.25, 0.3) is 0 Å². The van der Waals surface area contributed by atoms with E-state index in [1.165, 1.54) is 6.92 Å². The minimum absolute atomic E-state index is 0.0134. The Labute approximate surface area is 108 Å². The van der Waals surface area contributed by atoms with Gasteiger partial charge in [0.2, 0.25) is 0 Å². The molecule has 7 nitrogen and oxygen atoms in total. The van der Waals surface area contributed by atoms with E-state index in [9.17, 15) is 4.79 Å². The van der Waals surface area contributed by atoms with E-state index >= 15 is 0 Å². The molecule has 2 heterocycles. The lowest BCUT2D eigenvalue weighted by Gasteiger charge is -2.04. The van der Waals surface area contributed by atoms with E-state index in [1.807, 2.05) is 24.3 Å². The zero-order valence-electron chi connectivity index (χ0n) is 10.2. The summed E-state index contributed by atoms with van der Waals surface area (Å²) in [4.78, 5) is 15.9. The molecule has 19 heavy (non-hydrogen) atoms. The number of hydrogen-bond donors (Lipinski definition) is 1. The molecule has 0 aliphatic carbocycles. The molecule has 3 rings (SSSR count). The van der Waals surface area contributed by atoms with Crippen LogP contribution in [-0.4, -0.2) is 25.6 Å². The largest absolute Gasteiger partial charge is 0.379 e. The van der Waals surface area contributed by atoms with Crippen molar-refractivity contribution >= 4 is 22.6 Å². The maximum absolute atomic E-state index is 11.4. The van der Waals surface area contributed by atoms with Crippen molar-refractivity contribution in [2.75, 3.05) is 5.73 Å². The van der Waals surface area contributed by atoms with Gasteiger partial charge >= 0.3 is 0 Å². The number of ketones is 1. The number of fused-ring (bicyclic) bond motifs is 1. The lowest BCUT2D eigenvalue weighted by molar-refractivity contribution is -0.117. The maximum Gasteiger partial charge on any atom is 0.199 e. The highest BCUT2D eigenvalue weighted by Crippen LogP contribution is 2.26. The third-order valence-electron chi connectivity index (χ3n) is 2.76. The summed E-state index contributed by atoms with van der Waals surface area (Å²) in [5, 5.41) is 7.28. The average molecular weight is 257 g/mol. The number of carbonyl (C=O) groups excluding carboxylic acids is 1. The van der Waals surface area contributed by atoms with Crippen molar-refractivity contribution in [1.29, 1.82) is 0 Å². The van der Waals surface area contributed by atoms with Gasteiger partial charge in [0.15, 0.2) is 17.3 Å². The molecule has 0 unspecified atom stereocenters. The summed E-state index contributed by atoms with van der Waals surface area (Å²) in [6.45, 7) is 1.71. The van der Waals surface area contributed by atoms with Gasteiger partial charge in [-0.05, 0) is 29.4 Å². The number of aromatic nitrogens is 4. The summed E-state index contributed by atoms with van der Waals surface area (Å²) in [6, 6.07) is 7.51. The molecule has 0 aliphatic rings. The molecule has 1 aromatic carbocycles. The molecule has 0 amide bonds.